The Morgan fingerprint density at radius 2 is 1.86 bits per heavy atom. The molecule has 0 radical (unpaired) electrons. The van der Waals surface area contributed by atoms with Crippen LogP contribution in [0.1, 0.15) is 35.4 Å². The smallest absolute Gasteiger partial charge is 0.141 e. The SMILES string of the molecule is CC1(C)Cc2cc(C(Br)c3ccc(F)c(Cl)c3)ccc2O1. The van der Waals surface area contributed by atoms with Gasteiger partial charge in [-0.05, 0) is 48.7 Å². The molecule has 1 atom stereocenters. The Hall–Kier alpha value is -1.06. The number of benzene rings is 2. The monoisotopic (exact) mass is 368 g/mol. The summed E-state index contributed by atoms with van der Waals surface area (Å²) in [5.41, 5.74) is 3.09. The van der Waals surface area contributed by atoms with Crippen LogP contribution in [0.4, 0.5) is 4.39 Å². The quantitative estimate of drug-likeness (QED) is 0.619. The van der Waals surface area contributed by atoms with Crippen molar-refractivity contribution in [2.45, 2.75) is 30.7 Å². The van der Waals surface area contributed by atoms with Crippen LogP contribution in [-0.4, -0.2) is 5.60 Å². The lowest BCUT2D eigenvalue weighted by molar-refractivity contribution is 0.138. The fourth-order valence-corrected chi connectivity index (χ4v) is 3.41. The zero-order valence-electron chi connectivity index (χ0n) is 11.8. The molecule has 0 amide bonds. The van der Waals surface area contributed by atoms with Gasteiger partial charge in [-0.25, -0.2) is 4.39 Å². The van der Waals surface area contributed by atoms with Crippen molar-refractivity contribution >= 4 is 27.5 Å². The molecule has 0 saturated carbocycles. The first-order chi connectivity index (χ1) is 9.85. The Kier molecular flexibility index (Phi) is 3.74. The number of hydrogen-bond donors (Lipinski definition) is 0. The maximum absolute atomic E-state index is 13.3. The van der Waals surface area contributed by atoms with Crippen LogP contribution in [0.5, 0.6) is 5.75 Å². The van der Waals surface area contributed by atoms with Gasteiger partial charge in [-0.2, -0.15) is 0 Å². The fourth-order valence-electron chi connectivity index (χ4n) is 2.65. The van der Waals surface area contributed by atoms with Crippen molar-refractivity contribution < 1.29 is 9.13 Å². The molecule has 0 aromatic heterocycles. The second kappa shape index (κ2) is 5.29. The summed E-state index contributed by atoms with van der Waals surface area (Å²) in [5, 5.41) is 0.141. The number of alkyl halides is 1. The zero-order chi connectivity index (χ0) is 15.2. The molecule has 1 aliphatic rings. The maximum Gasteiger partial charge on any atom is 0.141 e. The van der Waals surface area contributed by atoms with Crippen LogP contribution in [0.3, 0.4) is 0 Å². The standard InChI is InChI=1S/C17H15BrClFO/c1-17(2)9-12-7-10(4-6-15(12)21-17)16(18)11-3-5-14(20)13(19)8-11/h3-8,16H,9H2,1-2H3. The predicted molar refractivity (Wildman–Crippen MR) is 87.0 cm³/mol. The summed E-state index contributed by atoms with van der Waals surface area (Å²) < 4.78 is 19.1. The first-order valence-corrected chi connectivity index (χ1v) is 8.06. The van der Waals surface area contributed by atoms with E-state index in [0.717, 1.165) is 23.3 Å². The Balaban J connectivity index is 1.93. The van der Waals surface area contributed by atoms with E-state index in [1.54, 1.807) is 12.1 Å². The van der Waals surface area contributed by atoms with Gasteiger partial charge in [0.2, 0.25) is 0 Å². The lowest BCUT2D eigenvalue weighted by Gasteiger charge is -2.16. The van der Waals surface area contributed by atoms with Gasteiger partial charge in [0.25, 0.3) is 0 Å². The van der Waals surface area contributed by atoms with Gasteiger partial charge < -0.3 is 4.74 Å². The third-order valence-corrected chi connectivity index (χ3v) is 4.96. The lowest BCUT2D eigenvalue weighted by atomic mass is 9.98. The number of halogens is 3. The Labute approximate surface area is 137 Å². The van der Waals surface area contributed by atoms with Crippen molar-refractivity contribution in [2.24, 2.45) is 0 Å². The van der Waals surface area contributed by atoms with Gasteiger partial charge in [0.1, 0.15) is 17.2 Å². The van der Waals surface area contributed by atoms with E-state index in [1.807, 2.05) is 12.1 Å². The van der Waals surface area contributed by atoms with Crippen LogP contribution in [0, 0.1) is 5.82 Å². The molecule has 1 nitrogen and oxygen atoms in total. The number of rotatable bonds is 2. The van der Waals surface area contributed by atoms with E-state index in [4.69, 9.17) is 16.3 Å². The third-order valence-electron chi connectivity index (χ3n) is 3.62. The molecule has 3 rings (SSSR count). The minimum Gasteiger partial charge on any atom is -0.487 e. The molecule has 4 heteroatoms. The molecule has 0 saturated heterocycles. The molecule has 0 spiro atoms. The Morgan fingerprint density at radius 3 is 2.57 bits per heavy atom. The molecular weight excluding hydrogens is 355 g/mol. The van der Waals surface area contributed by atoms with Gasteiger partial charge in [0.15, 0.2) is 0 Å². The van der Waals surface area contributed by atoms with Crippen molar-refractivity contribution in [2.75, 3.05) is 0 Å². The van der Waals surface area contributed by atoms with Gasteiger partial charge in [0, 0.05) is 6.42 Å². The average Bonchev–Trinajstić information content (AvgIpc) is 2.73. The molecule has 21 heavy (non-hydrogen) atoms. The molecule has 0 aliphatic carbocycles. The lowest BCUT2D eigenvalue weighted by Crippen LogP contribution is -2.24. The highest BCUT2D eigenvalue weighted by Gasteiger charge is 2.30. The summed E-state index contributed by atoms with van der Waals surface area (Å²) in [6, 6.07) is 11.0. The van der Waals surface area contributed by atoms with E-state index < -0.39 is 5.82 Å². The summed E-state index contributed by atoms with van der Waals surface area (Å²) >= 11 is 9.53. The molecule has 0 N–H and O–H groups in total. The van der Waals surface area contributed by atoms with Gasteiger partial charge in [-0.1, -0.05) is 45.7 Å². The predicted octanol–water partition coefficient (Wildman–Crippen LogP) is 5.68. The van der Waals surface area contributed by atoms with Crippen molar-refractivity contribution in [3.05, 3.63) is 63.9 Å². The van der Waals surface area contributed by atoms with Crippen LogP contribution in [0.15, 0.2) is 36.4 Å². The van der Waals surface area contributed by atoms with E-state index in [9.17, 15) is 4.39 Å². The molecule has 1 heterocycles. The number of hydrogen-bond acceptors (Lipinski definition) is 1. The van der Waals surface area contributed by atoms with E-state index in [0.29, 0.717) is 0 Å². The second-order valence-corrected chi connectivity index (χ2v) is 7.26. The third kappa shape index (κ3) is 2.95. The maximum atomic E-state index is 13.3. The molecular formula is C17H15BrClFO. The van der Waals surface area contributed by atoms with Crippen molar-refractivity contribution in [1.29, 1.82) is 0 Å². The van der Waals surface area contributed by atoms with E-state index >= 15 is 0 Å². The van der Waals surface area contributed by atoms with Crippen LogP contribution in [0.2, 0.25) is 5.02 Å². The van der Waals surface area contributed by atoms with Crippen molar-refractivity contribution in [3.63, 3.8) is 0 Å². The van der Waals surface area contributed by atoms with Crippen molar-refractivity contribution in [3.8, 4) is 5.75 Å². The van der Waals surface area contributed by atoms with Gasteiger partial charge in [-0.15, -0.1) is 0 Å². The molecule has 0 fully saturated rings. The minimum atomic E-state index is -0.399. The number of fused-ring (bicyclic) bond motifs is 1. The largest absolute Gasteiger partial charge is 0.487 e. The molecule has 1 aliphatic heterocycles. The van der Waals surface area contributed by atoms with Crippen molar-refractivity contribution in [1.82, 2.24) is 0 Å². The van der Waals surface area contributed by atoms with E-state index in [1.165, 1.54) is 11.6 Å². The molecule has 0 bridgehead atoms. The Bertz CT molecular complexity index is 699. The summed E-state index contributed by atoms with van der Waals surface area (Å²) in [4.78, 5) is -0.0235. The molecule has 2 aromatic rings. The highest BCUT2D eigenvalue weighted by Crippen LogP contribution is 2.39. The van der Waals surface area contributed by atoms with Crippen LogP contribution >= 0.6 is 27.5 Å². The van der Waals surface area contributed by atoms with Crippen LogP contribution in [-0.2, 0) is 6.42 Å². The first kappa shape index (κ1) is 14.9. The Morgan fingerprint density at radius 1 is 1.19 bits per heavy atom. The van der Waals surface area contributed by atoms with Crippen LogP contribution < -0.4 is 4.74 Å². The van der Waals surface area contributed by atoms with E-state index in [2.05, 4.69) is 35.8 Å². The summed E-state index contributed by atoms with van der Waals surface area (Å²) in [6.45, 7) is 4.16. The van der Waals surface area contributed by atoms with E-state index in [-0.39, 0.29) is 15.5 Å². The summed E-state index contributed by atoms with van der Waals surface area (Å²) in [7, 11) is 0. The minimum absolute atomic E-state index is 0.0235. The summed E-state index contributed by atoms with van der Waals surface area (Å²) in [6.07, 6.45) is 0.889. The molecule has 110 valence electrons. The molecule has 1 unspecified atom stereocenters. The molecule has 2 aromatic carbocycles. The average molecular weight is 370 g/mol. The van der Waals surface area contributed by atoms with Gasteiger partial charge in [-0.3, -0.25) is 0 Å². The normalized spacial score (nSPS) is 17.2. The van der Waals surface area contributed by atoms with Crippen LogP contribution in [0.25, 0.3) is 0 Å². The highest BCUT2D eigenvalue weighted by molar-refractivity contribution is 9.09. The van der Waals surface area contributed by atoms with Gasteiger partial charge >= 0.3 is 0 Å². The summed E-state index contributed by atoms with van der Waals surface area (Å²) in [5.74, 6) is 0.546. The van der Waals surface area contributed by atoms with Gasteiger partial charge in [0.05, 0.1) is 9.85 Å². The number of ether oxygens (including phenoxy) is 1. The first-order valence-electron chi connectivity index (χ1n) is 6.76. The fraction of sp³-hybridized carbons (Fsp3) is 0.294. The zero-order valence-corrected chi connectivity index (χ0v) is 14.1. The topological polar surface area (TPSA) is 9.23 Å². The highest BCUT2D eigenvalue weighted by atomic mass is 79.9. The second-order valence-electron chi connectivity index (χ2n) is 5.94.